The van der Waals surface area contributed by atoms with E-state index in [2.05, 4.69) is 4.98 Å². The SMILES string of the molecule is Fc1ccc(OCc2ccc(F)c(F)c2)cn1. The minimum absolute atomic E-state index is 0.0600. The second-order valence-electron chi connectivity index (χ2n) is 3.35. The molecule has 17 heavy (non-hydrogen) atoms. The molecule has 1 aromatic heterocycles. The summed E-state index contributed by atoms with van der Waals surface area (Å²) in [5.41, 5.74) is 0.480. The molecule has 0 N–H and O–H groups in total. The minimum atomic E-state index is -0.927. The number of benzene rings is 1. The topological polar surface area (TPSA) is 22.1 Å². The van der Waals surface area contributed by atoms with E-state index in [9.17, 15) is 13.2 Å². The lowest BCUT2D eigenvalue weighted by Crippen LogP contribution is -1.97. The zero-order chi connectivity index (χ0) is 12.3. The van der Waals surface area contributed by atoms with Crippen molar-refractivity contribution in [2.24, 2.45) is 0 Å². The Kier molecular flexibility index (Phi) is 3.27. The van der Waals surface area contributed by atoms with E-state index in [1.165, 1.54) is 18.3 Å². The van der Waals surface area contributed by atoms with Crippen LogP contribution in [-0.4, -0.2) is 4.98 Å². The number of pyridine rings is 1. The smallest absolute Gasteiger partial charge is 0.213 e. The molecule has 0 saturated carbocycles. The van der Waals surface area contributed by atoms with Gasteiger partial charge in [-0.1, -0.05) is 6.07 Å². The summed E-state index contributed by atoms with van der Waals surface area (Å²) < 4.78 is 43.2. The zero-order valence-corrected chi connectivity index (χ0v) is 8.66. The number of rotatable bonds is 3. The monoisotopic (exact) mass is 239 g/mol. The van der Waals surface area contributed by atoms with E-state index in [4.69, 9.17) is 4.74 Å². The first-order valence-corrected chi connectivity index (χ1v) is 4.83. The van der Waals surface area contributed by atoms with E-state index < -0.39 is 17.6 Å². The second-order valence-corrected chi connectivity index (χ2v) is 3.35. The van der Waals surface area contributed by atoms with Gasteiger partial charge in [0, 0.05) is 0 Å². The number of hydrogen-bond acceptors (Lipinski definition) is 2. The second kappa shape index (κ2) is 4.86. The van der Waals surface area contributed by atoms with Gasteiger partial charge < -0.3 is 4.74 Å². The molecule has 0 atom stereocenters. The quantitative estimate of drug-likeness (QED) is 0.768. The molecule has 2 nitrogen and oxygen atoms in total. The van der Waals surface area contributed by atoms with Crippen molar-refractivity contribution in [3.05, 3.63) is 59.7 Å². The number of hydrogen-bond donors (Lipinski definition) is 0. The molecular formula is C12H8F3NO. The predicted octanol–water partition coefficient (Wildman–Crippen LogP) is 3.08. The molecule has 1 heterocycles. The third-order valence-corrected chi connectivity index (χ3v) is 2.09. The van der Waals surface area contributed by atoms with Crippen LogP contribution in [0.1, 0.15) is 5.56 Å². The minimum Gasteiger partial charge on any atom is -0.487 e. The van der Waals surface area contributed by atoms with Crippen molar-refractivity contribution < 1.29 is 17.9 Å². The summed E-state index contributed by atoms with van der Waals surface area (Å²) in [4.78, 5) is 3.40. The molecule has 0 fully saturated rings. The summed E-state index contributed by atoms with van der Waals surface area (Å²) >= 11 is 0. The van der Waals surface area contributed by atoms with Crippen LogP contribution >= 0.6 is 0 Å². The molecule has 0 amide bonds. The van der Waals surface area contributed by atoms with Gasteiger partial charge in [-0.15, -0.1) is 0 Å². The van der Waals surface area contributed by atoms with Gasteiger partial charge in [0.1, 0.15) is 12.4 Å². The van der Waals surface area contributed by atoms with Gasteiger partial charge in [0.2, 0.25) is 5.95 Å². The largest absolute Gasteiger partial charge is 0.487 e. The maximum atomic E-state index is 12.9. The lowest BCUT2D eigenvalue weighted by Gasteiger charge is -2.05. The maximum absolute atomic E-state index is 12.9. The molecule has 0 spiro atoms. The molecule has 0 saturated heterocycles. The molecule has 2 aromatic rings. The first kappa shape index (κ1) is 11.4. The highest BCUT2D eigenvalue weighted by Gasteiger charge is 2.03. The summed E-state index contributed by atoms with van der Waals surface area (Å²) in [5, 5.41) is 0. The van der Waals surface area contributed by atoms with E-state index in [1.54, 1.807) is 0 Å². The molecule has 2 rings (SSSR count). The average molecular weight is 239 g/mol. The fourth-order valence-electron chi connectivity index (χ4n) is 1.24. The van der Waals surface area contributed by atoms with Gasteiger partial charge in [-0.2, -0.15) is 4.39 Å². The Hall–Kier alpha value is -2.04. The van der Waals surface area contributed by atoms with Crippen LogP contribution in [0.25, 0.3) is 0 Å². The number of ether oxygens (including phenoxy) is 1. The summed E-state index contributed by atoms with van der Waals surface area (Å²) in [6, 6.07) is 6.04. The van der Waals surface area contributed by atoms with Crippen LogP contribution in [0.2, 0.25) is 0 Å². The van der Waals surface area contributed by atoms with Crippen LogP contribution in [0.15, 0.2) is 36.5 Å². The van der Waals surface area contributed by atoms with Crippen molar-refractivity contribution in [2.75, 3.05) is 0 Å². The Morgan fingerprint density at radius 1 is 1.00 bits per heavy atom. The van der Waals surface area contributed by atoms with Crippen LogP contribution in [0.4, 0.5) is 13.2 Å². The van der Waals surface area contributed by atoms with E-state index >= 15 is 0 Å². The fraction of sp³-hybridized carbons (Fsp3) is 0.0833. The molecule has 5 heteroatoms. The lowest BCUT2D eigenvalue weighted by molar-refractivity contribution is 0.303. The van der Waals surface area contributed by atoms with E-state index in [0.717, 1.165) is 18.2 Å². The van der Waals surface area contributed by atoms with Crippen molar-refractivity contribution in [1.82, 2.24) is 4.98 Å². The summed E-state index contributed by atoms with van der Waals surface area (Å²) in [6.45, 7) is 0.0600. The van der Waals surface area contributed by atoms with Gasteiger partial charge in [0.05, 0.1) is 6.20 Å². The maximum Gasteiger partial charge on any atom is 0.213 e. The van der Waals surface area contributed by atoms with Crippen molar-refractivity contribution in [1.29, 1.82) is 0 Å². The Morgan fingerprint density at radius 3 is 2.47 bits per heavy atom. The van der Waals surface area contributed by atoms with Crippen molar-refractivity contribution in [3.63, 3.8) is 0 Å². The van der Waals surface area contributed by atoms with Crippen LogP contribution < -0.4 is 4.74 Å². The van der Waals surface area contributed by atoms with Gasteiger partial charge >= 0.3 is 0 Å². The Morgan fingerprint density at radius 2 is 1.82 bits per heavy atom. The highest BCUT2D eigenvalue weighted by atomic mass is 19.2. The van der Waals surface area contributed by atoms with E-state index in [0.29, 0.717) is 11.3 Å². The molecule has 0 bridgehead atoms. The average Bonchev–Trinajstić information content (AvgIpc) is 2.33. The zero-order valence-electron chi connectivity index (χ0n) is 8.66. The van der Waals surface area contributed by atoms with Crippen LogP contribution in [0.5, 0.6) is 5.75 Å². The molecule has 0 aliphatic heterocycles. The highest BCUT2D eigenvalue weighted by Crippen LogP contribution is 2.13. The van der Waals surface area contributed by atoms with Crippen molar-refractivity contribution in [3.8, 4) is 5.75 Å². The van der Waals surface area contributed by atoms with Crippen LogP contribution in [0, 0.1) is 17.6 Å². The number of aromatic nitrogens is 1. The summed E-state index contributed by atoms with van der Waals surface area (Å²) in [6.07, 6.45) is 1.22. The lowest BCUT2D eigenvalue weighted by atomic mass is 10.2. The Balaban J connectivity index is 2.02. The molecule has 0 aliphatic carbocycles. The normalized spacial score (nSPS) is 10.3. The number of halogens is 3. The molecule has 0 aliphatic rings. The number of nitrogens with zero attached hydrogens (tertiary/aromatic N) is 1. The van der Waals surface area contributed by atoms with Gasteiger partial charge in [-0.05, 0) is 29.8 Å². The first-order valence-electron chi connectivity index (χ1n) is 4.83. The molecule has 1 aromatic carbocycles. The fourth-order valence-corrected chi connectivity index (χ4v) is 1.24. The van der Waals surface area contributed by atoms with Gasteiger partial charge in [0.25, 0.3) is 0 Å². The van der Waals surface area contributed by atoms with Gasteiger partial charge in [-0.3, -0.25) is 0 Å². The van der Waals surface area contributed by atoms with Crippen molar-refractivity contribution >= 4 is 0 Å². The standard InChI is InChI=1S/C12H8F3NO/c13-10-3-1-8(5-11(10)14)7-17-9-2-4-12(15)16-6-9/h1-6H,7H2. The van der Waals surface area contributed by atoms with Crippen LogP contribution in [0.3, 0.4) is 0 Å². The Labute approximate surface area is 95.7 Å². The molecule has 0 radical (unpaired) electrons. The summed E-state index contributed by atoms with van der Waals surface area (Å²) in [7, 11) is 0. The molecule has 0 unspecified atom stereocenters. The first-order chi connectivity index (χ1) is 8.15. The van der Waals surface area contributed by atoms with Gasteiger partial charge in [0.15, 0.2) is 11.6 Å². The summed E-state index contributed by atoms with van der Waals surface area (Å²) in [5.74, 6) is -2.08. The third kappa shape index (κ3) is 2.96. The molecular weight excluding hydrogens is 231 g/mol. The van der Waals surface area contributed by atoms with Crippen molar-refractivity contribution in [2.45, 2.75) is 6.61 Å². The Bertz CT molecular complexity index is 514. The van der Waals surface area contributed by atoms with Gasteiger partial charge in [-0.25, -0.2) is 13.8 Å². The molecule has 88 valence electrons. The van der Waals surface area contributed by atoms with Crippen LogP contribution in [-0.2, 0) is 6.61 Å². The predicted molar refractivity (Wildman–Crippen MR) is 54.9 cm³/mol. The third-order valence-electron chi connectivity index (χ3n) is 2.09. The van der Waals surface area contributed by atoms with E-state index in [-0.39, 0.29) is 6.61 Å². The highest BCUT2D eigenvalue weighted by molar-refractivity contribution is 5.20. The van der Waals surface area contributed by atoms with E-state index in [1.807, 2.05) is 0 Å².